The summed E-state index contributed by atoms with van der Waals surface area (Å²) in [6.45, 7) is 0. The summed E-state index contributed by atoms with van der Waals surface area (Å²) in [6.07, 6.45) is 7.81. The van der Waals surface area contributed by atoms with Gasteiger partial charge in [-0.3, -0.25) is 4.79 Å². The van der Waals surface area contributed by atoms with Gasteiger partial charge in [-0.05, 0) is 48.4 Å². The number of carboxylic acid groups (broad SMARTS) is 1. The Hall–Kier alpha value is -2.73. The quantitative estimate of drug-likeness (QED) is 0.785. The van der Waals surface area contributed by atoms with Gasteiger partial charge < -0.3 is 14.9 Å². The lowest BCUT2D eigenvalue weighted by atomic mass is 9.97. The van der Waals surface area contributed by atoms with Crippen LogP contribution in [0, 0.1) is 0 Å². The zero-order chi connectivity index (χ0) is 17.4. The number of hydrogen-bond acceptors (Lipinski definition) is 5. The molecule has 1 N–H and O–H groups in total. The topological polar surface area (TPSA) is 85.9 Å². The maximum Gasteiger partial charge on any atom is 0.260 e. The van der Waals surface area contributed by atoms with Crippen molar-refractivity contribution in [1.82, 2.24) is 9.97 Å². The van der Waals surface area contributed by atoms with Crippen LogP contribution in [0.25, 0.3) is 22.4 Å². The molecule has 0 radical (unpaired) electrons. The molecule has 126 valence electrons. The Balaban J connectivity index is 1.67. The Kier molecular flexibility index (Phi) is 3.97. The molecule has 0 saturated heterocycles. The Morgan fingerprint density at radius 1 is 1.16 bits per heavy atom. The van der Waals surface area contributed by atoms with Crippen molar-refractivity contribution in [2.75, 3.05) is 0 Å². The van der Waals surface area contributed by atoms with Crippen molar-refractivity contribution in [3.05, 3.63) is 62.0 Å². The Morgan fingerprint density at radius 3 is 2.68 bits per heavy atom. The number of benzene rings is 1. The average Bonchev–Trinajstić information content (AvgIpc) is 2.99. The lowest BCUT2D eigenvalue weighted by Crippen LogP contribution is -2.21. The van der Waals surface area contributed by atoms with Gasteiger partial charge in [-0.25, -0.2) is 4.98 Å². The highest BCUT2D eigenvalue weighted by molar-refractivity contribution is 7.18. The molecule has 0 spiro atoms. The van der Waals surface area contributed by atoms with Crippen LogP contribution in [0.4, 0.5) is 0 Å². The SMILES string of the molecule is O=C([O-])c1ccc(/C=C/c2nc3sc4c(c3c(=O)[nH]2)CCCC4)cc1. The predicted octanol–water partition coefficient (Wildman–Crippen LogP) is 2.40. The van der Waals surface area contributed by atoms with Crippen molar-refractivity contribution >= 4 is 39.7 Å². The van der Waals surface area contributed by atoms with Gasteiger partial charge in [-0.15, -0.1) is 11.3 Å². The fourth-order valence-corrected chi connectivity index (χ4v) is 4.43. The third-order valence-corrected chi connectivity index (χ3v) is 5.61. The van der Waals surface area contributed by atoms with E-state index in [-0.39, 0.29) is 11.1 Å². The third-order valence-electron chi connectivity index (χ3n) is 4.42. The van der Waals surface area contributed by atoms with E-state index in [1.54, 1.807) is 35.6 Å². The van der Waals surface area contributed by atoms with Gasteiger partial charge in [0.25, 0.3) is 5.56 Å². The molecule has 0 saturated carbocycles. The van der Waals surface area contributed by atoms with Crippen LogP contribution < -0.4 is 10.7 Å². The summed E-state index contributed by atoms with van der Waals surface area (Å²) < 4.78 is 0. The van der Waals surface area contributed by atoms with E-state index in [1.807, 2.05) is 0 Å². The zero-order valence-electron chi connectivity index (χ0n) is 13.4. The lowest BCUT2D eigenvalue weighted by Gasteiger charge is -2.09. The number of carbonyl (C=O) groups excluding carboxylic acids is 1. The Morgan fingerprint density at radius 2 is 1.92 bits per heavy atom. The van der Waals surface area contributed by atoms with E-state index in [0.29, 0.717) is 5.82 Å². The first kappa shape index (κ1) is 15.8. The van der Waals surface area contributed by atoms with Gasteiger partial charge in [0.05, 0.1) is 11.4 Å². The first-order valence-corrected chi connectivity index (χ1v) is 8.97. The first-order valence-electron chi connectivity index (χ1n) is 8.16. The summed E-state index contributed by atoms with van der Waals surface area (Å²) in [7, 11) is 0. The highest BCUT2D eigenvalue weighted by atomic mass is 32.1. The fourth-order valence-electron chi connectivity index (χ4n) is 3.16. The van der Waals surface area contributed by atoms with Crippen molar-refractivity contribution in [3.63, 3.8) is 0 Å². The summed E-state index contributed by atoms with van der Waals surface area (Å²) >= 11 is 1.62. The molecule has 6 heteroatoms. The number of aromatic nitrogens is 2. The minimum Gasteiger partial charge on any atom is -0.545 e. The van der Waals surface area contributed by atoms with Gasteiger partial charge in [-0.1, -0.05) is 30.3 Å². The number of aryl methyl sites for hydroxylation is 2. The summed E-state index contributed by atoms with van der Waals surface area (Å²) in [5.74, 6) is -0.700. The van der Waals surface area contributed by atoms with Crippen molar-refractivity contribution in [1.29, 1.82) is 0 Å². The van der Waals surface area contributed by atoms with Crippen molar-refractivity contribution in [2.24, 2.45) is 0 Å². The minimum atomic E-state index is -1.20. The summed E-state index contributed by atoms with van der Waals surface area (Å²) in [5.41, 5.74) is 2.04. The van der Waals surface area contributed by atoms with Crippen molar-refractivity contribution in [2.45, 2.75) is 25.7 Å². The van der Waals surface area contributed by atoms with E-state index in [4.69, 9.17) is 0 Å². The molecule has 1 aliphatic rings. The molecule has 0 fully saturated rings. The van der Waals surface area contributed by atoms with Gasteiger partial charge in [-0.2, -0.15) is 0 Å². The summed E-state index contributed by atoms with van der Waals surface area (Å²) in [5, 5.41) is 11.5. The Labute approximate surface area is 147 Å². The molecule has 0 amide bonds. The highest BCUT2D eigenvalue weighted by Crippen LogP contribution is 2.33. The molecule has 4 rings (SSSR count). The molecule has 0 aliphatic heterocycles. The zero-order valence-corrected chi connectivity index (χ0v) is 14.2. The number of nitrogens with one attached hydrogen (secondary N) is 1. The number of aromatic amines is 1. The molecule has 5 nitrogen and oxygen atoms in total. The number of H-pyrrole nitrogens is 1. The number of rotatable bonds is 3. The maximum atomic E-state index is 12.5. The van der Waals surface area contributed by atoms with Gasteiger partial charge in [0.2, 0.25) is 0 Å². The molecule has 25 heavy (non-hydrogen) atoms. The van der Waals surface area contributed by atoms with Gasteiger partial charge >= 0.3 is 0 Å². The highest BCUT2D eigenvalue weighted by Gasteiger charge is 2.19. The van der Waals surface area contributed by atoms with Crippen LogP contribution in [0.5, 0.6) is 0 Å². The molecular formula is C19H15N2O3S-. The van der Waals surface area contributed by atoms with Crippen LogP contribution in [-0.4, -0.2) is 15.9 Å². The number of carbonyl (C=O) groups is 1. The van der Waals surface area contributed by atoms with Gasteiger partial charge in [0.1, 0.15) is 10.7 Å². The van der Waals surface area contributed by atoms with Crippen molar-refractivity contribution in [3.8, 4) is 0 Å². The summed E-state index contributed by atoms with van der Waals surface area (Å²) in [6, 6.07) is 6.34. The van der Waals surface area contributed by atoms with Crippen LogP contribution in [0.15, 0.2) is 29.1 Å². The second-order valence-electron chi connectivity index (χ2n) is 6.09. The number of fused-ring (bicyclic) bond motifs is 3. The van der Waals surface area contributed by atoms with Gasteiger partial charge in [0.15, 0.2) is 0 Å². The number of carboxylic acids is 1. The van der Waals surface area contributed by atoms with Gasteiger partial charge in [0, 0.05) is 4.88 Å². The number of nitrogens with zero attached hydrogens (tertiary/aromatic N) is 1. The van der Waals surface area contributed by atoms with Crippen LogP contribution in [0.1, 0.15) is 45.0 Å². The molecule has 0 bridgehead atoms. The predicted molar refractivity (Wildman–Crippen MR) is 96.6 cm³/mol. The van der Waals surface area contributed by atoms with Crippen LogP contribution in [0.2, 0.25) is 0 Å². The minimum absolute atomic E-state index is 0.0867. The van der Waals surface area contributed by atoms with Crippen LogP contribution >= 0.6 is 11.3 Å². The van der Waals surface area contributed by atoms with Crippen molar-refractivity contribution < 1.29 is 9.90 Å². The van der Waals surface area contributed by atoms with E-state index in [0.717, 1.165) is 35.0 Å². The largest absolute Gasteiger partial charge is 0.545 e. The third kappa shape index (κ3) is 3.00. The molecule has 0 atom stereocenters. The summed E-state index contributed by atoms with van der Waals surface area (Å²) in [4.78, 5) is 32.7. The number of hydrogen-bond donors (Lipinski definition) is 1. The lowest BCUT2D eigenvalue weighted by molar-refractivity contribution is -0.255. The van der Waals surface area contributed by atoms with E-state index < -0.39 is 5.97 Å². The number of aromatic carboxylic acids is 1. The Bertz CT molecular complexity index is 1040. The molecule has 2 aromatic heterocycles. The normalized spacial score (nSPS) is 14.1. The monoisotopic (exact) mass is 351 g/mol. The van der Waals surface area contributed by atoms with E-state index in [2.05, 4.69) is 9.97 Å². The smallest absolute Gasteiger partial charge is 0.260 e. The van der Waals surface area contributed by atoms with E-state index in [1.165, 1.54) is 29.0 Å². The molecule has 2 heterocycles. The second-order valence-corrected chi connectivity index (χ2v) is 7.17. The first-order chi connectivity index (χ1) is 12.1. The molecule has 3 aromatic rings. The standard InChI is InChI=1S/C19H16N2O3S/c22-17-16-13-3-1-2-4-14(13)25-18(16)21-15(20-17)10-7-11-5-8-12(9-6-11)19(23)24/h5-10H,1-4H2,(H,23,24)(H,20,21,22)/p-1/b10-7+. The van der Waals surface area contributed by atoms with E-state index in [9.17, 15) is 14.7 Å². The van der Waals surface area contributed by atoms with Crippen LogP contribution in [-0.2, 0) is 12.8 Å². The molecular weight excluding hydrogens is 336 g/mol. The average molecular weight is 351 g/mol. The van der Waals surface area contributed by atoms with E-state index >= 15 is 0 Å². The molecule has 1 aromatic carbocycles. The fraction of sp³-hybridized carbons (Fsp3) is 0.211. The van der Waals surface area contributed by atoms with Crippen LogP contribution in [0.3, 0.4) is 0 Å². The number of thiophene rings is 1. The molecule has 1 aliphatic carbocycles. The second kappa shape index (κ2) is 6.29. The molecule has 0 unspecified atom stereocenters. The maximum absolute atomic E-state index is 12.5.